The van der Waals surface area contributed by atoms with Crippen molar-refractivity contribution in [3.05, 3.63) is 203 Å². The zero-order valence-electron chi connectivity index (χ0n) is 34.7. The van der Waals surface area contributed by atoms with E-state index in [0.717, 1.165) is 56.9 Å². The predicted octanol–water partition coefficient (Wildman–Crippen LogP) is 15.4. The fourth-order valence-electron chi connectivity index (χ4n) is 9.17. The Kier molecular flexibility index (Phi) is 8.57. The molecule has 0 spiro atoms. The van der Waals surface area contributed by atoms with E-state index in [4.69, 9.17) is 9.47 Å². The summed E-state index contributed by atoms with van der Waals surface area (Å²) >= 11 is 0. The van der Waals surface area contributed by atoms with Gasteiger partial charge in [0.1, 0.15) is 0 Å². The van der Waals surface area contributed by atoms with Crippen LogP contribution in [-0.4, -0.2) is 14.1 Å². The fraction of sp³-hybridized carbons (Fsp3) is 0.0877. The minimum Gasteiger partial charge on any atom is -0.453 e. The van der Waals surface area contributed by atoms with Crippen molar-refractivity contribution in [2.75, 3.05) is 23.9 Å². The molecule has 2 aliphatic heterocycles. The summed E-state index contributed by atoms with van der Waals surface area (Å²) in [6.07, 6.45) is 8.88. The molecule has 3 aliphatic rings. The number of hydrogen-bond donors (Lipinski definition) is 0. The molecule has 4 heteroatoms. The number of para-hydroxylation sites is 4. The molecule has 61 heavy (non-hydrogen) atoms. The Morgan fingerprint density at radius 1 is 0.361 bits per heavy atom. The first kappa shape index (κ1) is 36.5. The second kappa shape index (κ2) is 14.3. The smallest absolute Gasteiger partial charge is 0.151 e. The van der Waals surface area contributed by atoms with Gasteiger partial charge >= 0.3 is 0 Å². The maximum Gasteiger partial charge on any atom is 0.151 e. The van der Waals surface area contributed by atoms with Gasteiger partial charge in [0.05, 0.1) is 22.7 Å². The van der Waals surface area contributed by atoms with Gasteiger partial charge in [0.15, 0.2) is 23.0 Å². The average molecular weight is 789 g/mol. The molecule has 1 aliphatic carbocycles. The fourth-order valence-corrected chi connectivity index (χ4v) is 9.17. The third-order valence-corrected chi connectivity index (χ3v) is 12.7. The molecule has 0 fully saturated rings. The van der Waals surface area contributed by atoms with E-state index >= 15 is 0 Å². The summed E-state index contributed by atoms with van der Waals surface area (Å²) in [5.41, 5.74) is 18.9. The molecule has 0 aromatic heterocycles. The van der Waals surface area contributed by atoms with Crippen LogP contribution in [0.4, 0.5) is 22.7 Å². The Labute approximate surface area is 357 Å². The van der Waals surface area contributed by atoms with Crippen LogP contribution in [0.1, 0.15) is 47.2 Å². The number of anilines is 4. The van der Waals surface area contributed by atoms with E-state index in [0.29, 0.717) is 0 Å². The highest BCUT2D eigenvalue weighted by Gasteiger charge is 2.35. The van der Waals surface area contributed by atoms with Gasteiger partial charge in [-0.05, 0) is 115 Å². The molecule has 0 saturated carbocycles. The molecule has 0 atom stereocenters. The molecule has 0 amide bonds. The summed E-state index contributed by atoms with van der Waals surface area (Å²) in [4.78, 5) is 4.41. The number of benzene rings is 8. The topological polar surface area (TPSA) is 24.9 Å². The molecule has 0 saturated heterocycles. The lowest BCUT2D eigenvalue weighted by Gasteiger charge is -2.30. The molecule has 2 heterocycles. The average Bonchev–Trinajstić information content (AvgIpc) is 3.52. The molecule has 11 rings (SSSR count). The van der Waals surface area contributed by atoms with Gasteiger partial charge in [-0.1, -0.05) is 159 Å². The zero-order chi connectivity index (χ0) is 41.2. The van der Waals surface area contributed by atoms with E-state index in [2.05, 4.69) is 196 Å². The highest BCUT2D eigenvalue weighted by molar-refractivity contribution is 5.86. The molecular weight excluding hydrogens is 745 g/mol. The van der Waals surface area contributed by atoms with Gasteiger partial charge in [0.25, 0.3) is 0 Å². The van der Waals surface area contributed by atoms with Gasteiger partial charge < -0.3 is 19.3 Å². The van der Waals surface area contributed by atoms with Crippen molar-refractivity contribution < 1.29 is 9.47 Å². The van der Waals surface area contributed by atoms with Crippen molar-refractivity contribution in [3.63, 3.8) is 0 Å². The lowest BCUT2D eigenvalue weighted by Crippen LogP contribution is -2.15. The summed E-state index contributed by atoms with van der Waals surface area (Å²) < 4.78 is 12.4. The van der Waals surface area contributed by atoms with Crippen LogP contribution in [-0.2, 0) is 5.41 Å². The number of ether oxygens (including phenoxy) is 2. The van der Waals surface area contributed by atoms with Crippen molar-refractivity contribution in [1.82, 2.24) is 0 Å². The standard InChI is InChI=1S/C57H44N2O2/c1-57(2)47-33-39(15-13-37-17-23-41(24-18-37)43-27-31-55-51(35-43)58(3)49-9-5-7-11-53(49)60-55)21-29-45(47)46-30-22-40(34-48(46)57)16-14-38-19-25-42(26-20-38)44-28-32-56-52(36-44)59(4)50-10-6-8-12-54(50)61-56/h5-36H,1-4H3/b15-13+,16-14+. The van der Waals surface area contributed by atoms with E-state index in [1.165, 1.54) is 55.6 Å². The molecule has 8 aromatic rings. The van der Waals surface area contributed by atoms with Crippen molar-refractivity contribution in [2.45, 2.75) is 19.3 Å². The maximum absolute atomic E-state index is 6.20. The summed E-state index contributed by atoms with van der Waals surface area (Å²) in [5.74, 6) is 3.51. The minimum atomic E-state index is -0.117. The van der Waals surface area contributed by atoms with Crippen LogP contribution in [0.2, 0.25) is 0 Å². The Hall–Kier alpha value is -7.56. The van der Waals surface area contributed by atoms with Crippen LogP contribution in [0, 0.1) is 0 Å². The van der Waals surface area contributed by atoms with Crippen molar-refractivity contribution in [2.24, 2.45) is 0 Å². The first-order valence-electron chi connectivity index (χ1n) is 20.9. The quantitative estimate of drug-likeness (QED) is 0.157. The van der Waals surface area contributed by atoms with E-state index in [1.54, 1.807) is 0 Å². The van der Waals surface area contributed by atoms with Crippen LogP contribution >= 0.6 is 0 Å². The minimum absolute atomic E-state index is 0.117. The number of hydrogen-bond acceptors (Lipinski definition) is 4. The molecule has 294 valence electrons. The third-order valence-electron chi connectivity index (χ3n) is 12.7. The SMILES string of the molecule is CN1c2ccccc2Oc2ccc(-c3ccc(/C=C/c4ccc5c(c4)C(C)(C)c4cc(/C=C/c6ccc(-c7ccc8c(c7)N(C)c7ccccc7O8)cc6)ccc4-5)cc3)cc21. The Morgan fingerprint density at radius 3 is 1.16 bits per heavy atom. The Morgan fingerprint density at radius 2 is 0.721 bits per heavy atom. The van der Waals surface area contributed by atoms with Gasteiger partial charge in [-0.15, -0.1) is 0 Å². The van der Waals surface area contributed by atoms with Crippen LogP contribution in [0.25, 0.3) is 57.7 Å². The molecule has 0 N–H and O–H groups in total. The van der Waals surface area contributed by atoms with Crippen LogP contribution in [0.5, 0.6) is 23.0 Å². The monoisotopic (exact) mass is 788 g/mol. The molecule has 8 aromatic carbocycles. The van der Waals surface area contributed by atoms with Crippen molar-refractivity contribution in [1.29, 1.82) is 0 Å². The van der Waals surface area contributed by atoms with E-state index in [1.807, 2.05) is 36.4 Å². The predicted molar refractivity (Wildman–Crippen MR) is 255 cm³/mol. The first-order chi connectivity index (χ1) is 29.8. The molecule has 0 bridgehead atoms. The second-order valence-corrected chi connectivity index (χ2v) is 16.8. The number of fused-ring (bicyclic) bond motifs is 7. The van der Waals surface area contributed by atoms with Gasteiger partial charge in [-0.3, -0.25) is 0 Å². The lowest BCUT2D eigenvalue weighted by molar-refractivity contribution is 0.475. The highest BCUT2D eigenvalue weighted by atomic mass is 16.5. The van der Waals surface area contributed by atoms with Gasteiger partial charge in [-0.25, -0.2) is 0 Å². The molecule has 0 unspecified atom stereocenters. The normalized spacial score (nSPS) is 14.1. The third kappa shape index (κ3) is 6.39. The zero-order valence-corrected chi connectivity index (χ0v) is 34.7. The lowest BCUT2D eigenvalue weighted by atomic mass is 9.81. The van der Waals surface area contributed by atoms with Gasteiger partial charge in [0.2, 0.25) is 0 Å². The number of nitrogens with zero attached hydrogens (tertiary/aromatic N) is 2. The highest BCUT2D eigenvalue weighted by Crippen LogP contribution is 2.51. The first-order valence-corrected chi connectivity index (χ1v) is 20.9. The number of rotatable bonds is 6. The van der Waals surface area contributed by atoms with Gasteiger partial charge in [0, 0.05) is 19.5 Å². The van der Waals surface area contributed by atoms with Crippen LogP contribution < -0.4 is 19.3 Å². The second-order valence-electron chi connectivity index (χ2n) is 16.8. The van der Waals surface area contributed by atoms with E-state index in [9.17, 15) is 0 Å². The largest absolute Gasteiger partial charge is 0.453 e. The maximum atomic E-state index is 6.20. The summed E-state index contributed by atoms with van der Waals surface area (Å²) in [5, 5.41) is 0. The van der Waals surface area contributed by atoms with Crippen molar-refractivity contribution >= 4 is 47.1 Å². The summed E-state index contributed by atoms with van der Waals surface area (Å²) in [7, 11) is 4.19. The molecule has 4 nitrogen and oxygen atoms in total. The van der Waals surface area contributed by atoms with Gasteiger partial charge in [-0.2, -0.15) is 0 Å². The molecular formula is C57H44N2O2. The molecule has 0 radical (unpaired) electrons. The van der Waals surface area contributed by atoms with Crippen LogP contribution in [0.3, 0.4) is 0 Å². The summed E-state index contributed by atoms with van der Waals surface area (Å²) in [6.45, 7) is 4.70. The Balaban J connectivity index is 0.770. The van der Waals surface area contributed by atoms with E-state index in [-0.39, 0.29) is 5.41 Å². The van der Waals surface area contributed by atoms with E-state index < -0.39 is 0 Å². The Bertz CT molecular complexity index is 2870. The summed E-state index contributed by atoms with van der Waals surface area (Å²) in [6, 6.07) is 60.6. The van der Waals surface area contributed by atoms with Crippen molar-refractivity contribution in [3.8, 4) is 56.4 Å². The van der Waals surface area contributed by atoms with Crippen LogP contribution in [0.15, 0.2) is 170 Å².